The van der Waals surface area contributed by atoms with Crippen LogP contribution in [0.25, 0.3) is 0 Å². The van der Waals surface area contributed by atoms with E-state index in [1.54, 1.807) is 0 Å². The molecule has 1 N–H and O–H groups in total. The lowest BCUT2D eigenvalue weighted by Gasteiger charge is -2.20. The monoisotopic (exact) mass is 295 g/mol. The highest BCUT2D eigenvalue weighted by molar-refractivity contribution is 6.30. The molecule has 1 aliphatic rings. The predicted molar refractivity (Wildman–Crippen MR) is 85.4 cm³/mol. The fourth-order valence-electron chi connectivity index (χ4n) is 3.02. The maximum atomic E-state index is 6.18. The third kappa shape index (κ3) is 4.76. The molecule has 1 heterocycles. The second-order valence-corrected chi connectivity index (χ2v) is 6.17. The van der Waals surface area contributed by atoms with E-state index in [2.05, 4.69) is 31.3 Å². The maximum absolute atomic E-state index is 6.18. The summed E-state index contributed by atoms with van der Waals surface area (Å²) in [5.74, 6) is 0. The van der Waals surface area contributed by atoms with E-state index in [0.717, 1.165) is 24.6 Å². The largest absolute Gasteiger partial charge is 0.378 e. The van der Waals surface area contributed by atoms with Crippen LogP contribution in [0.1, 0.15) is 56.2 Å². The lowest BCUT2D eigenvalue weighted by atomic mass is 9.98. The molecule has 0 saturated carbocycles. The third-order valence-electron chi connectivity index (χ3n) is 3.96. The van der Waals surface area contributed by atoms with Gasteiger partial charge in [0, 0.05) is 17.7 Å². The van der Waals surface area contributed by atoms with Crippen LogP contribution in [-0.2, 0) is 4.74 Å². The van der Waals surface area contributed by atoms with E-state index in [1.165, 1.54) is 36.8 Å². The van der Waals surface area contributed by atoms with Gasteiger partial charge in [0.25, 0.3) is 0 Å². The van der Waals surface area contributed by atoms with Crippen molar-refractivity contribution in [2.45, 2.75) is 58.1 Å². The van der Waals surface area contributed by atoms with Gasteiger partial charge in [-0.1, -0.05) is 24.6 Å². The van der Waals surface area contributed by atoms with Gasteiger partial charge in [-0.3, -0.25) is 0 Å². The first-order valence-corrected chi connectivity index (χ1v) is 8.19. The Morgan fingerprint density at radius 3 is 2.90 bits per heavy atom. The van der Waals surface area contributed by atoms with Crippen LogP contribution in [-0.4, -0.2) is 19.3 Å². The minimum atomic E-state index is 0.402. The van der Waals surface area contributed by atoms with Crippen LogP contribution >= 0.6 is 11.6 Å². The fourth-order valence-corrected chi connectivity index (χ4v) is 3.32. The van der Waals surface area contributed by atoms with Crippen molar-refractivity contribution in [3.05, 3.63) is 34.3 Å². The van der Waals surface area contributed by atoms with Gasteiger partial charge < -0.3 is 10.1 Å². The number of rotatable bonds is 7. The van der Waals surface area contributed by atoms with Gasteiger partial charge in [0.1, 0.15) is 0 Å². The molecular weight excluding hydrogens is 270 g/mol. The lowest BCUT2D eigenvalue weighted by Crippen LogP contribution is -2.21. The minimum absolute atomic E-state index is 0.402. The van der Waals surface area contributed by atoms with Gasteiger partial charge in [-0.15, -0.1) is 0 Å². The Labute approximate surface area is 127 Å². The van der Waals surface area contributed by atoms with Crippen molar-refractivity contribution in [2.75, 3.05) is 13.2 Å². The van der Waals surface area contributed by atoms with Crippen LogP contribution in [0.15, 0.2) is 18.2 Å². The average molecular weight is 296 g/mol. The standard InChI is InChI=1S/C17H26ClNO/c1-3-19-17(8-4-6-16-7-5-9-20-16)14-10-13(2)11-15(18)12-14/h10-12,16-17,19H,3-9H2,1-2H3. The van der Waals surface area contributed by atoms with Gasteiger partial charge >= 0.3 is 0 Å². The second-order valence-electron chi connectivity index (χ2n) is 5.74. The van der Waals surface area contributed by atoms with E-state index in [9.17, 15) is 0 Å². The number of nitrogens with one attached hydrogen (secondary N) is 1. The number of aryl methyl sites for hydroxylation is 1. The van der Waals surface area contributed by atoms with Crippen LogP contribution in [0.5, 0.6) is 0 Å². The fraction of sp³-hybridized carbons (Fsp3) is 0.647. The Hall–Kier alpha value is -0.570. The molecule has 0 spiro atoms. The van der Waals surface area contributed by atoms with Crippen LogP contribution in [0.2, 0.25) is 5.02 Å². The normalized spacial score (nSPS) is 20.2. The molecule has 2 atom stereocenters. The molecule has 0 radical (unpaired) electrons. The zero-order valence-corrected chi connectivity index (χ0v) is 13.4. The van der Waals surface area contributed by atoms with E-state index in [-0.39, 0.29) is 0 Å². The summed E-state index contributed by atoms with van der Waals surface area (Å²) in [6, 6.07) is 6.75. The molecule has 1 aliphatic heterocycles. The van der Waals surface area contributed by atoms with Gasteiger partial charge in [-0.25, -0.2) is 0 Å². The molecule has 0 bridgehead atoms. The molecule has 3 heteroatoms. The number of hydrogen-bond acceptors (Lipinski definition) is 2. The summed E-state index contributed by atoms with van der Waals surface area (Å²) in [6.07, 6.45) is 6.50. The van der Waals surface area contributed by atoms with Gasteiger partial charge in [0.05, 0.1) is 6.10 Å². The first-order chi connectivity index (χ1) is 9.69. The van der Waals surface area contributed by atoms with Crippen LogP contribution in [0.3, 0.4) is 0 Å². The van der Waals surface area contributed by atoms with E-state index in [4.69, 9.17) is 16.3 Å². The van der Waals surface area contributed by atoms with Crippen molar-refractivity contribution < 1.29 is 4.74 Å². The Morgan fingerprint density at radius 2 is 2.25 bits per heavy atom. The molecule has 0 aromatic heterocycles. The van der Waals surface area contributed by atoms with Crippen LogP contribution in [0.4, 0.5) is 0 Å². The van der Waals surface area contributed by atoms with Crippen molar-refractivity contribution in [2.24, 2.45) is 0 Å². The number of hydrogen-bond donors (Lipinski definition) is 1. The Morgan fingerprint density at radius 1 is 1.40 bits per heavy atom. The summed E-state index contributed by atoms with van der Waals surface area (Å²) < 4.78 is 5.70. The molecule has 1 aromatic carbocycles. The summed E-state index contributed by atoms with van der Waals surface area (Å²) in [4.78, 5) is 0. The summed E-state index contributed by atoms with van der Waals surface area (Å²) in [5.41, 5.74) is 2.54. The molecule has 0 aliphatic carbocycles. The first-order valence-electron chi connectivity index (χ1n) is 7.81. The zero-order valence-electron chi connectivity index (χ0n) is 12.6. The molecule has 112 valence electrons. The Bertz CT molecular complexity index is 395. The van der Waals surface area contributed by atoms with E-state index < -0.39 is 0 Å². The highest BCUT2D eigenvalue weighted by atomic mass is 35.5. The van der Waals surface area contributed by atoms with Crippen LogP contribution < -0.4 is 5.32 Å². The predicted octanol–water partition coefficient (Wildman–Crippen LogP) is 4.65. The smallest absolute Gasteiger partial charge is 0.0576 e. The average Bonchev–Trinajstić information content (AvgIpc) is 2.89. The van der Waals surface area contributed by atoms with Crippen molar-refractivity contribution in [1.82, 2.24) is 5.32 Å². The SMILES string of the molecule is CCNC(CCCC1CCCO1)c1cc(C)cc(Cl)c1. The summed E-state index contributed by atoms with van der Waals surface area (Å²) in [6.45, 7) is 6.19. The minimum Gasteiger partial charge on any atom is -0.378 e. The van der Waals surface area contributed by atoms with Crippen molar-refractivity contribution in [1.29, 1.82) is 0 Å². The summed E-state index contributed by atoms with van der Waals surface area (Å²) >= 11 is 6.18. The van der Waals surface area contributed by atoms with Gasteiger partial charge in [-0.2, -0.15) is 0 Å². The quantitative estimate of drug-likeness (QED) is 0.790. The van der Waals surface area contributed by atoms with Crippen LogP contribution in [0, 0.1) is 6.92 Å². The molecule has 2 rings (SSSR count). The first kappa shape index (κ1) is 15.8. The molecule has 1 aromatic rings. The number of benzene rings is 1. The van der Waals surface area contributed by atoms with E-state index >= 15 is 0 Å². The number of halogens is 1. The molecule has 20 heavy (non-hydrogen) atoms. The van der Waals surface area contributed by atoms with Crippen molar-refractivity contribution in [3.63, 3.8) is 0 Å². The summed E-state index contributed by atoms with van der Waals surface area (Å²) in [7, 11) is 0. The summed E-state index contributed by atoms with van der Waals surface area (Å²) in [5, 5.41) is 4.41. The number of ether oxygens (including phenoxy) is 1. The van der Waals surface area contributed by atoms with Gasteiger partial charge in [0.15, 0.2) is 0 Å². The molecular formula is C17H26ClNO. The van der Waals surface area contributed by atoms with E-state index in [0.29, 0.717) is 12.1 Å². The Kier molecular flexibility index (Phi) is 6.34. The van der Waals surface area contributed by atoms with Gasteiger partial charge in [0.2, 0.25) is 0 Å². The topological polar surface area (TPSA) is 21.3 Å². The maximum Gasteiger partial charge on any atom is 0.0576 e. The van der Waals surface area contributed by atoms with E-state index in [1.807, 2.05) is 6.07 Å². The lowest BCUT2D eigenvalue weighted by molar-refractivity contribution is 0.101. The molecule has 2 nitrogen and oxygen atoms in total. The zero-order chi connectivity index (χ0) is 14.4. The van der Waals surface area contributed by atoms with Gasteiger partial charge in [-0.05, 0) is 68.8 Å². The van der Waals surface area contributed by atoms with Crippen molar-refractivity contribution >= 4 is 11.6 Å². The Balaban J connectivity index is 1.91. The molecule has 1 fully saturated rings. The highest BCUT2D eigenvalue weighted by Gasteiger charge is 2.17. The highest BCUT2D eigenvalue weighted by Crippen LogP contribution is 2.26. The molecule has 1 saturated heterocycles. The second kappa shape index (κ2) is 8.02. The molecule has 0 amide bonds. The molecule has 2 unspecified atom stereocenters. The third-order valence-corrected chi connectivity index (χ3v) is 4.18. The van der Waals surface area contributed by atoms with Crippen molar-refractivity contribution in [3.8, 4) is 0 Å².